The van der Waals surface area contributed by atoms with E-state index in [1.165, 1.54) is 10.9 Å². The summed E-state index contributed by atoms with van der Waals surface area (Å²) in [6.07, 6.45) is 1.35. The fraction of sp³-hybridized carbons (Fsp3) is 0.0455. The second-order valence-electron chi connectivity index (χ2n) is 6.43. The Morgan fingerprint density at radius 1 is 1.13 bits per heavy atom. The predicted molar refractivity (Wildman–Crippen MR) is 114 cm³/mol. The molecule has 2 aromatic carbocycles. The first kappa shape index (κ1) is 20.1. The summed E-state index contributed by atoms with van der Waals surface area (Å²) in [4.78, 5) is 28.9. The molecule has 0 saturated carbocycles. The number of benzene rings is 2. The number of rotatable bonds is 5. The Bertz CT molecular complexity index is 1330. The predicted octanol–water partition coefficient (Wildman–Crippen LogP) is 3.74. The highest BCUT2D eigenvalue weighted by atomic mass is 35.5. The lowest BCUT2D eigenvalue weighted by molar-refractivity contribution is -0.119. The number of pyridine rings is 1. The van der Waals surface area contributed by atoms with Gasteiger partial charge in [-0.25, -0.2) is 14.5 Å². The van der Waals surface area contributed by atoms with E-state index in [0.29, 0.717) is 21.7 Å². The van der Waals surface area contributed by atoms with Gasteiger partial charge in [-0.15, -0.1) is 0 Å². The van der Waals surface area contributed by atoms with Gasteiger partial charge in [0.1, 0.15) is 16.8 Å². The van der Waals surface area contributed by atoms with Crippen LogP contribution in [0.2, 0.25) is 5.15 Å². The standard InChI is InChI=1S/C22H14ClN5O3/c23-19-9-7-14-10-15(6-8-18(14)26-19)22(30)31-13-20(29)27-21-16(11-24)12-25-28(21)17-4-2-1-3-5-17/h1-10,12H,13H2,(H,27,29). The lowest BCUT2D eigenvalue weighted by atomic mass is 10.1. The average Bonchev–Trinajstić information content (AvgIpc) is 3.20. The van der Waals surface area contributed by atoms with Crippen LogP contribution in [0.25, 0.3) is 16.6 Å². The molecule has 1 amide bonds. The van der Waals surface area contributed by atoms with Crippen LogP contribution >= 0.6 is 11.6 Å². The molecule has 152 valence electrons. The SMILES string of the molecule is N#Cc1cnn(-c2ccccc2)c1NC(=O)COC(=O)c1ccc2nc(Cl)ccc2c1. The minimum absolute atomic E-state index is 0.184. The van der Waals surface area contributed by atoms with Crippen LogP contribution in [0.4, 0.5) is 5.82 Å². The Kier molecular flexibility index (Phi) is 5.60. The van der Waals surface area contributed by atoms with E-state index in [1.54, 1.807) is 42.5 Å². The van der Waals surface area contributed by atoms with Crippen molar-refractivity contribution in [1.29, 1.82) is 5.26 Å². The Labute approximate surface area is 181 Å². The molecule has 0 aliphatic rings. The van der Waals surface area contributed by atoms with E-state index in [1.807, 2.05) is 24.3 Å². The number of hydrogen-bond donors (Lipinski definition) is 1. The van der Waals surface area contributed by atoms with Crippen molar-refractivity contribution in [3.63, 3.8) is 0 Å². The van der Waals surface area contributed by atoms with Crippen LogP contribution in [-0.2, 0) is 9.53 Å². The minimum atomic E-state index is -0.663. The Balaban J connectivity index is 1.45. The van der Waals surface area contributed by atoms with Gasteiger partial charge in [0.2, 0.25) is 0 Å². The van der Waals surface area contributed by atoms with E-state index in [9.17, 15) is 14.9 Å². The zero-order valence-corrected chi connectivity index (χ0v) is 16.7. The second-order valence-corrected chi connectivity index (χ2v) is 6.82. The van der Waals surface area contributed by atoms with Crippen molar-refractivity contribution in [2.24, 2.45) is 0 Å². The van der Waals surface area contributed by atoms with E-state index >= 15 is 0 Å². The molecule has 0 fully saturated rings. The van der Waals surface area contributed by atoms with Crippen LogP contribution in [0.5, 0.6) is 0 Å². The van der Waals surface area contributed by atoms with Crippen LogP contribution < -0.4 is 5.32 Å². The maximum Gasteiger partial charge on any atom is 0.338 e. The van der Waals surface area contributed by atoms with Gasteiger partial charge in [0.05, 0.1) is 23.0 Å². The van der Waals surface area contributed by atoms with Crippen molar-refractivity contribution in [2.45, 2.75) is 0 Å². The second kappa shape index (κ2) is 8.65. The van der Waals surface area contributed by atoms with E-state index in [-0.39, 0.29) is 16.9 Å². The van der Waals surface area contributed by atoms with Gasteiger partial charge >= 0.3 is 5.97 Å². The molecule has 0 aliphatic carbocycles. The fourth-order valence-electron chi connectivity index (χ4n) is 2.93. The largest absolute Gasteiger partial charge is 0.452 e. The van der Waals surface area contributed by atoms with Crippen LogP contribution in [0.15, 0.2) is 66.9 Å². The zero-order chi connectivity index (χ0) is 21.8. The summed E-state index contributed by atoms with van der Waals surface area (Å²) in [6, 6.07) is 19.2. The van der Waals surface area contributed by atoms with Crippen molar-refractivity contribution in [3.05, 3.63) is 83.1 Å². The number of carbonyl (C=O) groups is 2. The lowest BCUT2D eigenvalue weighted by Gasteiger charge is -2.10. The molecule has 9 heteroatoms. The van der Waals surface area contributed by atoms with Crippen LogP contribution in [0, 0.1) is 11.3 Å². The number of esters is 1. The molecule has 31 heavy (non-hydrogen) atoms. The molecule has 0 radical (unpaired) electrons. The molecule has 0 atom stereocenters. The summed E-state index contributed by atoms with van der Waals surface area (Å²) in [7, 11) is 0. The van der Waals surface area contributed by atoms with Gasteiger partial charge in [0.15, 0.2) is 12.4 Å². The fourth-order valence-corrected chi connectivity index (χ4v) is 3.08. The molecule has 8 nitrogen and oxygen atoms in total. The van der Waals surface area contributed by atoms with Gasteiger partial charge in [-0.1, -0.05) is 29.8 Å². The molecule has 0 unspecified atom stereocenters. The minimum Gasteiger partial charge on any atom is -0.452 e. The highest BCUT2D eigenvalue weighted by Gasteiger charge is 2.17. The summed E-state index contributed by atoms with van der Waals surface area (Å²) < 4.78 is 6.55. The quantitative estimate of drug-likeness (QED) is 0.380. The number of nitrogens with one attached hydrogen (secondary N) is 1. The summed E-state index contributed by atoms with van der Waals surface area (Å²) in [5.41, 5.74) is 1.77. The maximum absolute atomic E-state index is 12.4. The average molecular weight is 432 g/mol. The van der Waals surface area contributed by atoms with Crippen LogP contribution in [0.1, 0.15) is 15.9 Å². The summed E-state index contributed by atoms with van der Waals surface area (Å²) in [5, 5.41) is 17.1. The van der Waals surface area contributed by atoms with Gasteiger partial charge in [0.25, 0.3) is 5.91 Å². The molecule has 0 saturated heterocycles. The Morgan fingerprint density at radius 3 is 2.71 bits per heavy atom. The molecule has 2 heterocycles. The number of halogens is 1. The molecular formula is C22H14ClN5O3. The van der Waals surface area contributed by atoms with Crippen molar-refractivity contribution in [1.82, 2.24) is 14.8 Å². The zero-order valence-electron chi connectivity index (χ0n) is 15.9. The Hall–Kier alpha value is -4.22. The van der Waals surface area contributed by atoms with Gasteiger partial charge < -0.3 is 10.1 Å². The van der Waals surface area contributed by atoms with E-state index in [4.69, 9.17) is 16.3 Å². The molecule has 0 spiro atoms. The van der Waals surface area contributed by atoms with Gasteiger partial charge in [-0.05, 0) is 42.5 Å². The summed E-state index contributed by atoms with van der Waals surface area (Å²) in [5.74, 6) is -1.07. The lowest BCUT2D eigenvalue weighted by Crippen LogP contribution is -2.23. The topological polar surface area (TPSA) is 110 Å². The van der Waals surface area contributed by atoms with Crippen molar-refractivity contribution in [3.8, 4) is 11.8 Å². The molecule has 4 rings (SSSR count). The third-order valence-electron chi connectivity index (χ3n) is 4.37. The highest BCUT2D eigenvalue weighted by molar-refractivity contribution is 6.29. The molecule has 0 bridgehead atoms. The van der Waals surface area contributed by atoms with E-state index < -0.39 is 18.5 Å². The first-order valence-electron chi connectivity index (χ1n) is 9.12. The molecule has 2 aromatic heterocycles. The summed E-state index contributed by atoms with van der Waals surface area (Å²) in [6.45, 7) is -0.527. The third-order valence-corrected chi connectivity index (χ3v) is 4.58. The first-order chi connectivity index (χ1) is 15.0. The maximum atomic E-state index is 12.4. The number of hydrogen-bond acceptors (Lipinski definition) is 6. The number of aromatic nitrogens is 3. The number of carbonyl (C=O) groups excluding carboxylic acids is 2. The monoisotopic (exact) mass is 431 g/mol. The first-order valence-corrected chi connectivity index (χ1v) is 9.50. The van der Waals surface area contributed by atoms with Gasteiger partial charge in [0, 0.05) is 5.39 Å². The number of anilines is 1. The van der Waals surface area contributed by atoms with E-state index in [2.05, 4.69) is 15.4 Å². The highest BCUT2D eigenvalue weighted by Crippen LogP contribution is 2.20. The number of ether oxygens (including phenoxy) is 1. The number of nitrogens with zero attached hydrogens (tertiary/aromatic N) is 4. The number of amides is 1. The van der Waals surface area contributed by atoms with Crippen molar-refractivity contribution in [2.75, 3.05) is 11.9 Å². The van der Waals surface area contributed by atoms with Gasteiger partial charge in [-0.3, -0.25) is 4.79 Å². The van der Waals surface area contributed by atoms with Crippen molar-refractivity contribution >= 4 is 40.2 Å². The van der Waals surface area contributed by atoms with Crippen LogP contribution in [-0.4, -0.2) is 33.2 Å². The van der Waals surface area contributed by atoms with Gasteiger partial charge in [-0.2, -0.15) is 10.4 Å². The summed E-state index contributed by atoms with van der Waals surface area (Å²) >= 11 is 5.86. The number of nitriles is 1. The molecule has 1 N–H and O–H groups in total. The molecule has 0 aliphatic heterocycles. The number of fused-ring (bicyclic) bond motifs is 1. The Morgan fingerprint density at radius 2 is 1.94 bits per heavy atom. The third kappa shape index (κ3) is 4.37. The molecule has 4 aromatic rings. The smallest absolute Gasteiger partial charge is 0.338 e. The van der Waals surface area contributed by atoms with E-state index in [0.717, 1.165) is 0 Å². The van der Waals surface area contributed by atoms with Crippen LogP contribution in [0.3, 0.4) is 0 Å². The van der Waals surface area contributed by atoms with Crippen molar-refractivity contribution < 1.29 is 14.3 Å². The number of para-hydroxylation sites is 1. The molecular weight excluding hydrogens is 418 g/mol. The normalized spacial score (nSPS) is 10.5.